The zero-order valence-corrected chi connectivity index (χ0v) is 15.6. The normalized spacial score (nSPS) is 11.1. The van der Waals surface area contributed by atoms with E-state index < -0.39 is 0 Å². The van der Waals surface area contributed by atoms with Crippen molar-refractivity contribution in [1.29, 1.82) is 0 Å². The van der Waals surface area contributed by atoms with Gasteiger partial charge in [-0.15, -0.1) is 0 Å². The first-order chi connectivity index (χ1) is 12.0. The van der Waals surface area contributed by atoms with Gasteiger partial charge in [-0.3, -0.25) is 4.79 Å². The number of nitrogens with one attached hydrogen (secondary N) is 2. The van der Waals surface area contributed by atoms with Gasteiger partial charge < -0.3 is 15.4 Å². The molecule has 0 radical (unpaired) electrons. The van der Waals surface area contributed by atoms with Crippen LogP contribution in [0.4, 0.5) is 0 Å². The second-order valence-electron chi connectivity index (χ2n) is 5.99. The lowest BCUT2D eigenvalue weighted by atomic mass is 10.1. The molecule has 0 atom stereocenters. The first-order valence-corrected chi connectivity index (χ1v) is 8.74. The maximum absolute atomic E-state index is 12.5. The summed E-state index contributed by atoms with van der Waals surface area (Å²) in [6.45, 7) is 6.75. The van der Waals surface area contributed by atoms with Crippen LogP contribution in [0.3, 0.4) is 0 Å². The summed E-state index contributed by atoms with van der Waals surface area (Å²) < 4.78 is 6.76. The van der Waals surface area contributed by atoms with Gasteiger partial charge in [-0.1, -0.05) is 25.4 Å². The Kier molecular flexibility index (Phi) is 7.43. The van der Waals surface area contributed by atoms with Crippen LogP contribution >= 0.6 is 11.6 Å². The summed E-state index contributed by atoms with van der Waals surface area (Å²) in [7, 11) is 1.66. The van der Waals surface area contributed by atoms with Crippen molar-refractivity contribution >= 4 is 17.5 Å². The van der Waals surface area contributed by atoms with Gasteiger partial charge in [0.05, 0.1) is 29.7 Å². The number of hydrogen-bond acceptors (Lipinski definition) is 4. The molecule has 2 aromatic rings. The number of hydrogen-bond donors (Lipinski definition) is 2. The molecule has 1 amide bonds. The standard InChI is InChI=1S/C18H25ClN4O2/c1-13(2)17-16(18(24)21-9-8-20-10-11-25-3)12-22-23(17)15-6-4-14(19)5-7-15/h4-7,12-13,20H,8-11H2,1-3H3,(H,21,24). The third-order valence-electron chi connectivity index (χ3n) is 3.74. The van der Waals surface area contributed by atoms with Gasteiger partial charge >= 0.3 is 0 Å². The van der Waals surface area contributed by atoms with Crippen LogP contribution in [-0.2, 0) is 4.74 Å². The molecule has 1 aromatic carbocycles. The predicted molar refractivity (Wildman–Crippen MR) is 99.7 cm³/mol. The molecule has 136 valence electrons. The number of carbonyl (C=O) groups excluding carboxylic acids is 1. The lowest BCUT2D eigenvalue weighted by Gasteiger charge is -2.13. The molecule has 1 aromatic heterocycles. The van der Waals surface area contributed by atoms with Crippen LogP contribution in [0.25, 0.3) is 5.69 Å². The van der Waals surface area contributed by atoms with E-state index in [2.05, 4.69) is 15.7 Å². The van der Waals surface area contributed by atoms with Crippen LogP contribution in [0.2, 0.25) is 5.02 Å². The van der Waals surface area contributed by atoms with Crippen molar-refractivity contribution in [2.75, 3.05) is 33.4 Å². The fourth-order valence-electron chi connectivity index (χ4n) is 2.54. The Morgan fingerprint density at radius 1 is 1.24 bits per heavy atom. The predicted octanol–water partition coefficient (Wildman–Crippen LogP) is 2.61. The summed E-state index contributed by atoms with van der Waals surface area (Å²) in [5.41, 5.74) is 2.36. The van der Waals surface area contributed by atoms with Crippen LogP contribution in [0.1, 0.15) is 35.8 Å². The van der Waals surface area contributed by atoms with E-state index in [1.54, 1.807) is 18.0 Å². The van der Waals surface area contributed by atoms with Crippen molar-refractivity contribution in [2.24, 2.45) is 0 Å². The molecule has 0 saturated carbocycles. The second kappa shape index (κ2) is 9.56. The number of rotatable bonds is 9. The van der Waals surface area contributed by atoms with Gasteiger partial charge in [-0.2, -0.15) is 5.10 Å². The molecule has 0 spiro atoms. The van der Waals surface area contributed by atoms with E-state index in [1.165, 1.54) is 0 Å². The molecule has 0 aliphatic carbocycles. The molecule has 1 heterocycles. The molecule has 0 fully saturated rings. The van der Waals surface area contributed by atoms with Crippen molar-refractivity contribution < 1.29 is 9.53 Å². The molecule has 2 N–H and O–H groups in total. The van der Waals surface area contributed by atoms with Gasteiger partial charge in [-0.05, 0) is 30.2 Å². The number of amides is 1. The maximum Gasteiger partial charge on any atom is 0.254 e. The average molecular weight is 365 g/mol. The van der Waals surface area contributed by atoms with E-state index in [0.717, 1.165) is 17.9 Å². The van der Waals surface area contributed by atoms with Gasteiger partial charge in [0.25, 0.3) is 5.91 Å². The zero-order chi connectivity index (χ0) is 18.2. The van der Waals surface area contributed by atoms with Gasteiger partial charge in [0.2, 0.25) is 0 Å². The number of halogens is 1. The zero-order valence-electron chi connectivity index (χ0n) is 14.9. The highest BCUT2D eigenvalue weighted by Gasteiger charge is 2.20. The molecule has 6 nitrogen and oxygen atoms in total. The van der Waals surface area contributed by atoms with Gasteiger partial charge in [0.1, 0.15) is 0 Å². The topological polar surface area (TPSA) is 68.2 Å². The third kappa shape index (κ3) is 5.29. The van der Waals surface area contributed by atoms with Crippen LogP contribution in [0.5, 0.6) is 0 Å². The Bertz CT molecular complexity index is 683. The van der Waals surface area contributed by atoms with Crippen molar-refractivity contribution in [1.82, 2.24) is 20.4 Å². The number of nitrogens with zero attached hydrogens (tertiary/aromatic N) is 2. The second-order valence-corrected chi connectivity index (χ2v) is 6.42. The highest BCUT2D eigenvalue weighted by atomic mass is 35.5. The Hall–Kier alpha value is -1.89. The molecule has 0 bridgehead atoms. The molecule has 2 rings (SSSR count). The van der Waals surface area contributed by atoms with E-state index in [4.69, 9.17) is 16.3 Å². The van der Waals surface area contributed by atoms with Crippen LogP contribution in [-0.4, -0.2) is 49.0 Å². The van der Waals surface area contributed by atoms with E-state index in [0.29, 0.717) is 30.3 Å². The number of ether oxygens (including phenoxy) is 1. The van der Waals surface area contributed by atoms with E-state index in [1.807, 2.05) is 38.1 Å². The number of carbonyl (C=O) groups is 1. The fourth-order valence-corrected chi connectivity index (χ4v) is 2.66. The number of aromatic nitrogens is 2. The molecule has 0 unspecified atom stereocenters. The Balaban J connectivity index is 2.08. The van der Waals surface area contributed by atoms with E-state index >= 15 is 0 Å². The summed E-state index contributed by atoms with van der Waals surface area (Å²) in [5, 5.41) is 11.2. The first kappa shape index (κ1) is 19.4. The van der Waals surface area contributed by atoms with Crippen molar-refractivity contribution in [3.05, 3.63) is 46.7 Å². The summed E-state index contributed by atoms with van der Waals surface area (Å²) in [6.07, 6.45) is 1.62. The average Bonchev–Trinajstić information content (AvgIpc) is 3.04. The smallest absolute Gasteiger partial charge is 0.254 e. The highest BCUT2D eigenvalue weighted by molar-refractivity contribution is 6.30. The van der Waals surface area contributed by atoms with Crippen molar-refractivity contribution in [3.63, 3.8) is 0 Å². The molecule has 7 heteroatoms. The van der Waals surface area contributed by atoms with E-state index in [-0.39, 0.29) is 11.8 Å². The quantitative estimate of drug-likeness (QED) is 0.671. The third-order valence-corrected chi connectivity index (χ3v) is 3.99. The summed E-state index contributed by atoms with van der Waals surface area (Å²) in [6, 6.07) is 7.41. The number of benzene rings is 1. The first-order valence-electron chi connectivity index (χ1n) is 8.36. The Morgan fingerprint density at radius 2 is 1.96 bits per heavy atom. The number of methoxy groups -OCH3 is 1. The maximum atomic E-state index is 12.5. The van der Waals surface area contributed by atoms with Crippen LogP contribution in [0, 0.1) is 0 Å². The van der Waals surface area contributed by atoms with E-state index in [9.17, 15) is 4.79 Å². The molecule has 0 aliphatic heterocycles. The lowest BCUT2D eigenvalue weighted by Crippen LogP contribution is -2.33. The van der Waals surface area contributed by atoms with Gasteiger partial charge in [0, 0.05) is 31.8 Å². The highest BCUT2D eigenvalue weighted by Crippen LogP contribution is 2.23. The monoisotopic (exact) mass is 364 g/mol. The fraction of sp³-hybridized carbons (Fsp3) is 0.444. The SMILES string of the molecule is COCCNCCNC(=O)c1cnn(-c2ccc(Cl)cc2)c1C(C)C. The minimum absolute atomic E-state index is 0.113. The minimum atomic E-state index is -0.113. The molecule has 0 aliphatic rings. The molecule has 0 saturated heterocycles. The van der Waals surface area contributed by atoms with Crippen molar-refractivity contribution in [2.45, 2.75) is 19.8 Å². The molecular weight excluding hydrogens is 340 g/mol. The van der Waals surface area contributed by atoms with Crippen molar-refractivity contribution in [3.8, 4) is 5.69 Å². The van der Waals surface area contributed by atoms with Gasteiger partial charge in [0.15, 0.2) is 0 Å². The van der Waals surface area contributed by atoms with Gasteiger partial charge in [-0.25, -0.2) is 4.68 Å². The van der Waals surface area contributed by atoms with Crippen LogP contribution < -0.4 is 10.6 Å². The van der Waals surface area contributed by atoms with Crippen LogP contribution in [0.15, 0.2) is 30.5 Å². The largest absolute Gasteiger partial charge is 0.383 e. The summed E-state index contributed by atoms with van der Waals surface area (Å²) in [4.78, 5) is 12.5. The summed E-state index contributed by atoms with van der Waals surface area (Å²) in [5.74, 6) is 0.0382. The molecule has 25 heavy (non-hydrogen) atoms. The Labute approximate surface area is 153 Å². The minimum Gasteiger partial charge on any atom is -0.383 e. The Morgan fingerprint density at radius 3 is 2.60 bits per heavy atom. The molecular formula is C18H25ClN4O2. The summed E-state index contributed by atoms with van der Waals surface area (Å²) >= 11 is 5.95. The lowest BCUT2D eigenvalue weighted by molar-refractivity contribution is 0.0952.